The summed E-state index contributed by atoms with van der Waals surface area (Å²) in [6, 6.07) is 14.5. The molecule has 0 radical (unpaired) electrons. The van der Waals surface area contributed by atoms with Gasteiger partial charge in [0.05, 0.1) is 18.2 Å². The topological polar surface area (TPSA) is 47.6 Å². The number of hydrogen-bond donors (Lipinski definition) is 1. The van der Waals surface area contributed by atoms with Crippen LogP contribution in [0.15, 0.2) is 48.5 Å². The van der Waals surface area contributed by atoms with Gasteiger partial charge in [-0.25, -0.2) is 0 Å². The first-order chi connectivity index (χ1) is 11.0. The molecule has 2 aromatic carbocycles. The quantitative estimate of drug-likeness (QED) is 0.869. The summed E-state index contributed by atoms with van der Waals surface area (Å²) >= 11 is 6.03. The lowest BCUT2D eigenvalue weighted by molar-refractivity contribution is -0.127. The van der Waals surface area contributed by atoms with E-state index in [0.717, 1.165) is 11.3 Å². The fraction of sp³-hybridized carbons (Fsp3) is 0.278. The highest BCUT2D eigenvalue weighted by Crippen LogP contribution is 2.24. The van der Waals surface area contributed by atoms with Gasteiger partial charge >= 0.3 is 0 Å². The molecule has 1 amide bonds. The van der Waals surface area contributed by atoms with Crippen LogP contribution in [0.5, 0.6) is 11.5 Å². The van der Waals surface area contributed by atoms with E-state index in [-0.39, 0.29) is 11.9 Å². The van der Waals surface area contributed by atoms with Crippen molar-refractivity contribution in [2.45, 2.75) is 26.0 Å². The highest BCUT2D eigenvalue weighted by Gasteiger charge is 2.18. The Morgan fingerprint density at radius 1 is 1.09 bits per heavy atom. The molecule has 5 heteroatoms. The maximum absolute atomic E-state index is 12.3. The lowest BCUT2D eigenvalue weighted by Gasteiger charge is -2.19. The second-order valence-corrected chi connectivity index (χ2v) is 5.60. The van der Waals surface area contributed by atoms with Crippen LogP contribution in [0, 0.1) is 0 Å². The van der Waals surface area contributed by atoms with Crippen LogP contribution in [0.3, 0.4) is 0 Å². The van der Waals surface area contributed by atoms with Crippen molar-refractivity contribution in [3.63, 3.8) is 0 Å². The molecule has 0 unspecified atom stereocenters. The monoisotopic (exact) mass is 333 g/mol. The van der Waals surface area contributed by atoms with Gasteiger partial charge in [0.25, 0.3) is 5.91 Å². The van der Waals surface area contributed by atoms with Gasteiger partial charge in [-0.3, -0.25) is 4.79 Å². The average molecular weight is 334 g/mol. The molecule has 1 N–H and O–H groups in total. The lowest BCUT2D eigenvalue weighted by Crippen LogP contribution is -2.37. The van der Waals surface area contributed by atoms with E-state index >= 15 is 0 Å². The fourth-order valence-corrected chi connectivity index (χ4v) is 2.27. The molecule has 0 bridgehead atoms. The molecule has 2 rings (SSSR count). The molecule has 0 saturated heterocycles. The second-order valence-electron chi connectivity index (χ2n) is 5.19. The van der Waals surface area contributed by atoms with Gasteiger partial charge in [-0.15, -0.1) is 0 Å². The number of ether oxygens (including phenoxy) is 2. The number of halogens is 1. The molecular weight excluding hydrogens is 314 g/mol. The predicted octanol–water partition coefficient (Wildman–Crippen LogP) is 3.99. The van der Waals surface area contributed by atoms with Gasteiger partial charge in [0.2, 0.25) is 0 Å². The van der Waals surface area contributed by atoms with Crippen LogP contribution in [-0.2, 0) is 4.79 Å². The zero-order chi connectivity index (χ0) is 16.8. The molecule has 4 nitrogen and oxygen atoms in total. The van der Waals surface area contributed by atoms with Crippen molar-refractivity contribution in [1.82, 2.24) is 5.32 Å². The Morgan fingerprint density at radius 3 is 2.35 bits per heavy atom. The van der Waals surface area contributed by atoms with E-state index in [1.807, 2.05) is 43.3 Å². The van der Waals surface area contributed by atoms with Gasteiger partial charge in [0.15, 0.2) is 6.10 Å². The zero-order valence-corrected chi connectivity index (χ0v) is 14.1. The zero-order valence-electron chi connectivity index (χ0n) is 13.4. The Balaban J connectivity index is 1.95. The molecule has 122 valence electrons. The van der Waals surface area contributed by atoms with E-state index < -0.39 is 6.10 Å². The minimum atomic E-state index is -0.643. The van der Waals surface area contributed by atoms with Gasteiger partial charge in [0.1, 0.15) is 11.5 Å². The van der Waals surface area contributed by atoms with Crippen molar-refractivity contribution in [2.75, 3.05) is 7.11 Å². The van der Waals surface area contributed by atoms with Crippen LogP contribution in [0.4, 0.5) is 0 Å². The molecule has 0 heterocycles. The molecular formula is C18H20ClNO3. The molecule has 2 atom stereocenters. The Hall–Kier alpha value is -2.20. The summed E-state index contributed by atoms with van der Waals surface area (Å²) in [7, 11) is 1.62. The number of carbonyl (C=O) groups excluding carboxylic acids is 1. The molecule has 2 aromatic rings. The Bertz CT molecular complexity index is 658. The van der Waals surface area contributed by atoms with E-state index in [1.165, 1.54) is 0 Å². The smallest absolute Gasteiger partial charge is 0.261 e. The summed E-state index contributed by atoms with van der Waals surface area (Å²) < 4.78 is 10.7. The summed E-state index contributed by atoms with van der Waals surface area (Å²) in [5, 5.41) is 3.41. The van der Waals surface area contributed by atoms with E-state index in [4.69, 9.17) is 21.1 Å². The third-order valence-electron chi connectivity index (χ3n) is 3.48. The van der Waals surface area contributed by atoms with Gasteiger partial charge in [-0.2, -0.15) is 0 Å². The average Bonchev–Trinajstić information content (AvgIpc) is 2.56. The van der Waals surface area contributed by atoms with Crippen LogP contribution in [0.25, 0.3) is 0 Å². The Kier molecular flexibility index (Phi) is 5.88. The maximum Gasteiger partial charge on any atom is 0.261 e. The first kappa shape index (κ1) is 17.2. The largest absolute Gasteiger partial charge is 0.497 e. The standard InChI is InChI=1S/C18H20ClNO3/c1-12(14-8-10-15(22-3)11-9-14)20-18(21)13(2)23-17-7-5-4-6-16(17)19/h4-13H,1-3H3,(H,20,21)/t12-,13+/m1/s1. The fourth-order valence-electron chi connectivity index (χ4n) is 2.09. The summed E-state index contributed by atoms with van der Waals surface area (Å²) in [4.78, 5) is 12.3. The molecule has 0 aliphatic rings. The number of rotatable bonds is 6. The number of para-hydroxylation sites is 1. The Morgan fingerprint density at radius 2 is 1.74 bits per heavy atom. The number of hydrogen-bond acceptors (Lipinski definition) is 3. The van der Waals surface area contributed by atoms with E-state index in [9.17, 15) is 4.79 Å². The third kappa shape index (κ3) is 4.63. The van der Waals surface area contributed by atoms with Crippen molar-refractivity contribution < 1.29 is 14.3 Å². The molecule has 0 spiro atoms. The van der Waals surface area contributed by atoms with Gasteiger partial charge in [0, 0.05) is 0 Å². The first-order valence-electron chi connectivity index (χ1n) is 7.36. The van der Waals surface area contributed by atoms with Gasteiger partial charge in [-0.05, 0) is 43.7 Å². The lowest BCUT2D eigenvalue weighted by atomic mass is 10.1. The van der Waals surface area contributed by atoms with Gasteiger partial charge in [-0.1, -0.05) is 35.9 Å². The second kappa shape index (κ2) is 7.88. The molecule has 0 aliphatic carbocycles. The molecule has 0 fully saturated rings. The number of amides is 1. The summed E-state index contributed by atoms with van der Waals surface area (Å²) in [6.07, 6.45) is -0.643. The van der Waals surface area contributed by atoms with Crippen LogP contribution >= 0.6 is 11.6 Å². The Labute approximate surface area is 141 Å². The minimum absolute atomic E-state index is 0.134. The normalized spacial score (nSPS) is 13.0. The van der Waals surface area contributed by atoms with E-state index in [0.29, 0.717) is 10.8 Å². The van der Waals surface area contributed by atoms with Crippen molar-refractivity contribution in [3.8, 4) is 11.5 Å². The molecule has 0 aromatic heterocycles. The summed E-state index contributed by atoms with van der Waals surface area (Å²) in [5.74, 6) is 1.07. The van der Waals surface area contributed by atoms with Crippen molar-refractivity contribution in [2.24, 2.45) is 0 Å². The summed E-state index contributed by atoms with van der Waals surface area (Å²) in [5.41, 5.74) is 0.990. The van der Waals surface area contributed by atoms with Crippen LogP contribution < -0.4 is 14.8 Å². The number of methoxy groups -OCH3 is 1. The highest BCUT2D eigenvalue weighted by molar-refractivity contribution is 6.32. The van der Waals surface area contributed by atoms with Crippen LogP contribution in [0.1, 0.15) is 25.5 Å². The van der Waals surface area contributed by atoms with E-state index in [1.54, 1.807) is 26.2 Å². The van der Waals surface area contributed by atoms with E-state index in [2.05, 4.69) is 5.32 Å². The minimum Gasteiger partial charge on any atom is -0.497 e. The number of nitrogens with one attached hydrogen (secondary N) is 1. The third-order valence-corrected chi connectivity index (χ3v) is 3.80. The molecule has 0 aliphatic heterocycles. The van der Waals surface area contributed by atoms with Crippen molar-refractivity contribution >= 4 is 17.5 Å². The van der Waals surface area contributed by atoms with Crippen LogP contribution in [0.2, 0.25) is 5.02 Å². The SMILES string of the molecule is COc1ccc([C@@H](C)NC(=O)[C@H](C)Oc2ccccc2Cl)cc1. The van der Waals surface area contributed by atoms with Crippen molar-refractivity contribution in [1.29, 1.82) is 0 Å². The number of benzene rings is 2. The highest BCUT2D eigenvalue weighted by atomic mass is 35.5. The van der Waals surface area contributed by atoms with Crippen molar-refractivity contribution in [3.05, 3.63) is 59.1 Å². The maximum atomic E-state index is 12.3. The first-order valence-corrected chi connectivity index (χ1v) is 7.74. The van der Waals surface area contributed by atoms with Gasteiger partial charge < -0.3 is 14.8 Å². The molecule has 23 heavy (non-hydrogen) atoms. The summed E-state index contributed by atoms with van der Waals surface area (Å²) in [6.45, 7) is 3.61. The van der Waals surface area contributed by atoms with Crippen LogP contribution in [-0.4, -0.2) is 19.1 Å². The molecule has 0 saturated carbocycles. The predicted molar refractivity (Wildman–Crippen MR) is 91.1 cm³/mol. The number of carbonyl (C=O) groups is 1.